The molecule has 1 fully saturated rings. The zero-order chi connectivity index (χ0) is 17.1. The van der Waals surface area contributed by atoms with E-state index in [4.69, 9.17) is 9.15 Å². The Hall–Kier alpha value is -2.82. The third-order valence-electron chi connectivity index (χ3n) is 4.58. The minimum Gasteiger partial charge on any atom is -0.474 e. The minimum atomic E-state index is -0.148. The first-order valence-corrected chi connectivity index (χ1v) is 8.65. The summed E-state index contributed by atoms with van der Waals surface area (Å²) in [6, 6.07) is 15.2. The van der Waals surface area contributed by atoms with Crippen LogP contribution in [0, 0.1) is 0 Å². The molecule has 0 radical (unpaired) electrons. The highest BCUT2D eigenvalue weighted by Crippen LogP contribution is 2.24. The van der Waals surface area contributed by atoms with E-state index in [-0.39, 0.29) is 18.1 Å². The molecule has 2 heterocycles. The maximum atomic E-state index is 12.4. The molecule has 0 unspecified atom stereocenters. The number of benzene rings is 1. The highest BCUT2D eigenvalue weighted by Gasteiger charge is 2.25. The van der Waals surface area contributed by atoms with E-state index in [0.717, 1.165) is 36.7 Å². The van der Waals surface area contributed by atoms with Crippen LogP contribution in [-0.4, -0.2) is 23.0 Å². The zero-order valence-corrected chi connectivity index (χ0v) is 13.9. The van der Waals surface area contributed by atoms with Crippen molar-refractivity contribution in [1.29, 1.82) is 0 Å². The lowest BCUT2D eigenvalue weighted by atomic mass is 9.93. The average Bonchev–Trinajstić information content (AvgIpc) is 3.09. The monoisotopic (exact) mass is 336 g/mol. The van der Waals surface area contributed by atoms with E-state index in [0.29, 0.717) is 11.6 Å². The number of pyridine rings is 1. The molecule has 25 heavy (non-hydrogen) atoms. The maximum absolute atomic E-state index is 12.4. The van der Waals surface area contributed by atoms with Crippen molar-refractivity contribution in [3.05, 3.63) is 60.5 Å². The average molecular weight is 336 g/mol. The van der Waals surface area contributed by atoms with Crippen LogP contribution in [0.15, 0.2) is 59.1 Å². The van der Waals surface area contributed by atoms with Crippen molar-refractivity contribution in [2.24, 2.45) is 0 Å². The first-order chi connectivity index (χ1) is 12.3. The van der Waals surface area contributed by atoms with Gasteiger partial charge in [-0.3, -0.25) is 4.79 Å². The molecule has 0 bridgehead atoms. The number of aromatic nitrogens is 1. The van der Waals surface area contributed by atoms with Crippen LogP contribution in [0.2, 0.25) is 0 Å². The number of hydrogen-bond acceptors (Lipinski definition) is 4. The molecule has 0 saturated heterocycles. The van der Waals surface area contributed by atoms with Crippen molar-refractivity contribution in [2.45, 2.75) is 37.8 Å². The Labute approximate surface area is 146 Å². The fourth-order valence-corrected chi connectivity index (χ4v) is 3.26. The van der Waals surface area contributed by atoms with Gasteiger partial charge >= 0.3 is 0 Å². The van der Waals surface area contributed by atoms with Crippen molar-refractivity contribution in [1.82, 2.24) is 10.3 Å². The summed E-state index contributed by atoms with van der Waals surface area (Å²) < 4.78 is 11.5. The molecule has 1 aromatic carbocycles. The molecule has 3 aromatic rings. The van der Waals surface area contributed by atoms with Crippen LogP contribution in [0.3, 0.4) is 0 Å². The Bertz CT molecular complexity index is 819. The predicted molar refractivity (Wildman–Crippen MR) is 94.6 cm³/mol. The number of carbonyl (C=O) groups excluding carboxylic acids is 1. The third kappa shape index (κ3) is 3.65. The molecule has 5 heteroatoms. The maximum Gasteiger partial charge on any atom is 0.287 e. The number of carbonyl (C=O) groups is 1. The van der Waals surface area contributed by atoms with E-state index in [1.165, 1.54) is 0 Å². The van der Waals surface area contributed by atoms with E-state index in [2.05, 4.69) is 10.3 Å². The normalized spacial score (nSPS) is 20.3. The summed E-state index contributed by atoms with van der Waals surface area (Å²) >= 11 is 0. The summed E-state index contributed by atoms with van der Waals surface area (Å²) in [6.45, 7) is 0. The number of nitrogens with zero attached hydrogens (tertiary/aromatic N) is 1. The molecule has 1 aliphatic rings. The van der Waals surface area contributed by atoms with Gasteiger partial charge in [0.25, 0.3) is 5.91 Å². The van der Waals surface area contributed by atoms with Crippen LogP contribution in [0.1, 0.15) is 36.2 Å². The second kappa shape index (κ2) is 6.97. The Morgan fingerprint density at radius 1 is 1.08 bits per heavy atom. The lowest BCUT2D eigenvalue weighted by molar-refractivity contribution is 0.0865. The standard InChI is InChI=1S/C20H20N2O3/c23-20(18-13-14-5-1-2-6-17(14)25-18)22-15-8-10-16(11-9-15)24-19-7-3-4-12-21-19/h1-7,12-13,15-16H,8-11H2,(H,22,23). The number of fused-ring (bicyclic) bond motifs is 1. The Morgan fingerprint density at radius 2 is 1.88 bits per heavy atom. The van der Waals surface area contributed by atoms with Crippen LogP contribution in [0.25, 0.3) is 11.0 Å². The highest BCUT2D eigenvalue weighted by molar-refractivity contribution is 5.96. The van der Waals surface area contributed by atoms with Gasteiger partial charge in [-0.1, -0.05) is 24.3 Å². The molecule has 1 saturated carbocycles. The van der Waals surface area contributed by atoms with Crippen molar-refractivity contribution in [2.75, 3.05) is 0 Å². The second-order valence-corrected chi connectivity index (χ2v) is 6.38. The lowest BCUT2D eigenvalue weighted by Gasteiger charge is -2.28. The number of furan rings is 1. The van der Waals surface area contributed by atoms with Gasteiger partial charge in [0.15, 0.2) is 5.76 Å². The van der Waals surface area contributed by atoms with Crippen LogP contribution in [0.4, 0.5) is 0 Å². The summed E-state index contributed by atoms with van der Waals surface area (Å²) in [6.07, 6.45) is 5.49. The van der Waals surface area contributed by atoms with Crippen molar-refractivity contribution < 1.29 is 13.9 Å². The molecule has 0 aliphatic heterocycles. The summed E-state index contributed by atoms with van der Waals surface area (Å²) in [5, 5.41) is 4.02. The van der Waals surface area contributed by atoms with Crippen LogP contribution >= 0.6 is 0 Å². The number of para-hydroxylation sites is 1. The quantitative estimate of drug-likeness (QED) is 0.783. The number of rotatable bonds is 4. The van der Waals surface area contributed by atoms with Gasteiger partial charge in [-0.25, -0.2) is 4.98 Å². The molecule has 1 amide bonds. The van der Waals surface area contributed by atoms with Gasteiger partial charge in [-0.05, 0) is 43.9 Å². The Morgan fingerprint density at radius 3 is 2.64 bits per heavy atom. The van der Waals surface area contributed by atoms with Crippen molar-refractivity contribution in [3.8, 4) is 5.88 Å². The largest absolute Gasteiger partial charge is 0.474 e. The third-order valence-corrected chi connectivity index (χ3v) is 4.58. The van der Waals surface area contributed by atoms with E-state index in [1.807, 2.05) is 42.5 Å². The summed E-state index contributed by atoms with van der Waals surface area (Å²) in [5.41, 5.74) is 0.736. The Balaban J connectivity index is 1.31. The van der Waals surface area contributed by atoms with E-state index in [9.17, 15) is 4.79 Å². The lowest BCUT2D eigenvalue weighted by Crippen LogP contribution is -2.39. The summed E-state index contributed by atoms with van der Waals surface area (Å²) in [4.78, 5) is 16.6. The SMILES string of the molecule is O=C(NC1CCC(Oc2ccccn2)CC1)c1cc2ccccc2o1. The van der Waals surface area contributed by atoms with Gasteiger partial charge in [0.2, 0.25) is 5.88 Å². The smallest absolute Gasteiger partial charge is 0.287 e. The number of hydrogen-bond donors (Lipinski definition) is 1. The molecular weight excluding hydrogens is 316 g/mol. The van der Waals surface area contributed by atoms with E-state index < -0.39 is 0 Å². The van der Waals surface area contributed by atoms with Gasteiger partial charge < -0.3 is 14.5 Å². The first-order valence-electron chi connectivity index (χ1n) is 8.65. The predicted octanol–water partition coefficient (Wildman–Crippen LogP) is 3.95. The van der Waals surface area contributed by atoms with Crippen LogP contribution < -0.4 is 10.1 Å². The number of ether oxygens (including phenoxy) is 1. The highest BCUT2D eigenvalue weighted by atomic mass is 16.5. The minimum absolute atomic E-state index is 0.148. The molecular formula is C20H20N2O3. The Kier molecular flexibility index (Phi) is 4.37. The van der Waals surface area contributed by atoms with E-state index in [1.54, 1.807) is 12.3 Å². The molecule has 0 atom stereocenters. The first kappa shape index (κ1) is 15.7. The summed E-state index contributed by atoms with van der Waals surface area (Å²) in [5.74, 6) is 0.885. The van der Waals surface area contributed by atoms with Gasteiger partial charge in [0.05, 0.1) is 0 Å². The molecule has 128 valence electrons. The number of amides is 1. The fourth-order valence-electron chi connectivity index (χ4n) is 3.26. The topological polar surface area (TPSA) is 64.4 Å². The van der Waals surface area contributed by atoms with Crippen LogP contribution in [-0.2, 0) is 0 Å². The molecule has 1 N–H and O–H groups in total. The van der Waals surface area contributed by atoms with E-state index >= 15 is 0 Å². The molecule has 4 rings (SSSR count). The van der Waals surface area contributed by atoms with Crippen LogP contribution in [0.5, 0.6) is 5.88 Å². The fraction of sp³-hybridized carbons (Fsp3) is 0.300. The van der Waals surface area contributed by atoms with Crippen molar-refractivity contribution >= 4 is 16.9 Å². The molecule has 0 spiro atoms. The van der Waals surface area contributed by atoms with Crippen molar-refractivity contribution in [3.63, 3.8) is 0 Å². The molecule has 2 aromatic heterocycles. The van der Waals surface area contributed by atoms with Gasteiger partial charge in [0.1, 0.15) is 11.7 Å². The number of nitrogens with one attached hydrogen (secondary N) is 1. The zero-order valence-electron chi connectivity index (χ0n) is 13.9. The van der Waals surface area contributed by atoms with Gasteiger partial charge in [-0.2, -0.15) is 0 Å². The molecule has 1 aliphatic carbocycles. The second-order valence-electron chi connectivity index (χ2n) is 6.38. The van der Waals surface area contributed by atoms with Gasteiger partial charge in [-0.15, -0.1) is 0 Å². The molecule has 5 nitrogen and oxygen atoms in total. The van der Waals surface area contributed by atoms with Gasteiger partial charge in [0, 0.05) is 23.7 Å². The summed E-state index contributed by atoms with van der Waals surface area (Å²) in [7, 11) is 0.